The van der Waals surface area contributed by atoms with E-state index in [1.807, 2.05) is 0 Å². The molecule has 0 saturated heterocycles. The van der Waals surface area contributed by atoms with Crippen LogP contribution in [0.3, 0.4) is 0 Å². The minimum atomic E-state index is -1.39. The molecule has 2 rings (SSSR count). The second kappa shape index (κ2) is 3.89. The monoisotopic (exact) mass is 240 g/mol. The Morgan fingerprint density at radius 3 is 2.82 bits per heavy atom. The van der Waals surface area contributed by atoms with Crippen LogP contribution in [-0.4, -0.2) is 24.2 Å². The van der Waals surface area contributed by atoms with Gasteiger partial charge in [-0.3, -0.25) is 14.3 Å². The average molecular weight is 240 g/mol. The fourth-order valence-corrected chi connectivity index (χ4v) is 1.37. The van der Waals surface area contributed by atoms with Crippen molar-refractivity contribution in [3.05, 3.63) is 44.9 Å². The molecule has 0 saturated carbocycles. The lowest BCUT2D eigenvalue weighted by Crippen LogP contribution is -2.32. The van der Waals surface area contributed by atoms with Gasteiger partial charge in [-0.15, -0.1) is 0 Å². The Morgan fingerprint density at radius 1 is 1.53 bits per heavy atom. The van der Waals surface area contributed by atoms with Crippen LogP contribution in [-0.2, 0) is 13.6 Å². The first-order valence-electron chi connectivity index (χ1n) is 4.68. The normalized spacial score (nSPS) is 10.7. The summed E-state index contributed by atoms with van der Waals surface area (Å²) in [7, 11) is 1.69. The van der Waals surface area contributed by atoms with Crippen LogP contribution in [0, 0.1) is 5.82 Å². The van der Waals surface area contributed by atoms with Crippen LogP contribution in [0.15, 0.2) is 22.0 Å². The number of nitrogens with zero attached hydrogens (tertiary/aromatic N) is 3. The van der Waals surface area contributed by atoms with Gasteiger partial charge >= 0.3 is 5.69 Å². The van der Waals surface area contributed by atoms with E-state index in [2.05, 4.69) is 4.98 Å². The quantitative estimate of drug-likeness (QED) is 0.716. The Kier molecular flexibility index (Phi) is 2.54. The van der Waals surface area contributed by atoms with Crippen LogP contribution in [0.5, 0.6) is 5.88 Å². The van der Waals surface area contributed by atoms with Crippen molar-refractivity contribution in [3.8, 4) is 5.88 Å². The van der Waals surface area contributed by atoms with Crippen LogP contribution in [0.25, 0.3) is 0 Å². The Balaban J connectivity index is 2.54. The second-order valence-corrected chi connectivity index (χ2v) is 3.44. The van der Waals surface area contributed by atoms with Gasteiger partial charge in [0.2, 0.25) is 11.7 Å². The molecule has 7 nitrogen and oxygen atoms in total. The highest BCUT2D eigenvalue weighted by molar-refractivity contribution is 5.11. The third-order valence-electron chi connectivity index (χ3n) is 2.34. The Bertz CT molecular complexity index is 670. The molecule has 2 aromatic heterocycles. The zero-order chi connectivity index (χ0) is 12.6. The second-order valence-electron chi connectivity index (χ2n) is 3.44. The number of halogens is 1. The summed E-state index contributed by atoms with van der Waals surface area (Å²) in [6.45, 7) is -0.137. The lowest BCUT2D eigenvalue weighted by molar-refractivity contribution is 0.364. The van der Waals surface area contributed by atoms with Crippen LogP contribution < -0.4 is 11.2 Å². The van der Waals surface area contributed by atoms with Crippen molar-refractivity contribution < 1.29 is 9.50 Å². The standard InChI is InChI=1S/C9H9FN4O3/c1-13-3-2-11-5(13)4-14-8(16)6(10)7(15)12-9(14)17/h2-3,16H,4H2,1H3,(H,12,15,17). The molecule has 90 valence electrons. The highest BCUT2D eigenvalue weighted by Gasteiger charge is 2.14. The van der Waals surface area contributed by atoms with E-state index in [4.69, 9.17) is 0 Å². The molecular formula is C9H9FN4O3. The number of aryl methyl sites for hydroxylation is 1. The molecule has 0 atom stereocenters. The largest absolute Gasteiger partial charge is 0.492 e. The van der Waals surface area contributed by atoms with E-state index < -0.39 is 22.9 Å². The van der Waals surface area contributed by atoms with Gasteiger partial charge in [0, 0.05) is 19.4 Å². The first-order valence-corrected chi connectivity index (χ1v) is 4.68. The summed E-state index contributed by atoms with van der Waals surface area (Å²) in [6, 6.07) is 0. The zero-order valence-corrected chi connectivity index (χ0v) is 8.85. The van der Waals surface area contributed by atoms with E-state index in [1.54, 1.807) is 22.8 Å². The summed E-state index contributed by atoms with van der Waals surface area (Å²) >= 11 is 0. The van der Waals surface area contributed by atoms with Gasteiger partial charge in [0.05, 0.1) is 6.54 Å². The average Bonchev–Trinajstić information content (AvgIpc) is 2.67. The molecule has 0 bridgehead atoms. The number of aromatic hydroxyl groups is 1. The molecule has 2 N–H and O–H groups in total. The van der Waals surface area contributed by atoms with Crippen molar-refractivity contribution >= 4 is 0 Å². The maximum atomic E-state index is 13.1. The van der Waals surface area contributed by atoms with Gasteiger partial charge in [0.1, 0.15) is 5.82 Å². The van der Waals surface area contributed by atoms with Crippen LogP contribution in [0.1, 0.15) is 5.82 Å². The van der Waals surface area contributed by atoms with E-state index in [1.165, 1.54) is 6.20 Å². The SMILES string of the molecule is Cn1ccnc1Cn1c(O)c(F)c(=O)[nH]c1=O. The smallest absolute Gasteiger partial charge is 0.331 e. The van der Waals surface area contributed by atoms with E-state index >= 15 is 0 Å². The highest BCUT2D eigenvalue weighted by atomic mass is 19.1. The van der Waals surface area contributed by atoms with Gasteiger partial charge in [-0.1, -0.05) is 0 Å². The number of aromatic nitrogens is 4. The molecule has 0 spiro atoms. The topological polar surface area (TPSA) is 92.9 Å². The van der Waals surface area contributed by atoms with Gasteiger partial charge in [0.15, 0.2) is 0 Å². The lowest BCUT2D eigenvalue weighted by Gasteiger charge is -2.07. The first kappa shape index (κ1) is 11.1. The molecule has 0 aromatic carbocycles. The van der Waals surface area contributed by atoms with E-state index in [0.717, 1.165) is 0 Å². The number of aromatic amines is 1. The van der Waals surface area contributed by atoms with Crippen molar-refractivity contribution in [1.29, 1.82) is 0 Å². The Morgan fingerprint density at radius 2 is 2.24 bits per heavy atom. The Hall–Kier alpha value is -2.38. The summed E-state index contributed by atoms with van der Waals surface area (Å²) < 4.78 is 15.4. The molecule has 17 heavy (non-hydrogen) atoms. The molecule has 0 aliphatic heterocycles. The van der Waals surface area contributed by atoms with Crippen molar-refractivity contribution in [1.82, 2.24) is 19.1 Å². The molecule has 8 heteroatoms. The van der Waals surface area contributed by atoms with Crippen LogP contribution in [0.2, 0.25) is 0 Å². The fourth-order valence-electron chi connectivity index (χ4n) is 1.37. The maximum Gasteiger partial charge on any atom is 0.331 e. The third kappa shape index (κ3) is 1.84. The van der Waals surface area contributed by atoms with Crippen molar-refractivity contribution in [3.63, 3.8) is 0 Å². The lowest BCUT2D eigenvalue weighted by atomic mass is 10.5. The maximum absolute atomic E-state index is 13.1. The van der Waals surface area contributed by atoms with Crippen molar-refractivity contribution in [2.45, 2.75) is 6.54 Å². The van der Waals surface area contributed by atoms with Gasteiger partial charge in [-0.05, 0) is 0 Å². The predicted octanol–water partition coefficient (Wildman–Crippen LogP) is -0.837. The minimum absolute atomic E-state index is 0.137. The van der Waals surface area contributed by atoms with Gasteiger partial charge in [-0.2, -0.15) is 4.39 Å². The molecule has 0 unspecified atom stereocenters. The molecule has 0 aliphatic carbocycles. The third-order valence-corrected chi connectivity index (χ3v) is 2.34. The van der Waals surface area contributed by atoms with E-state index in [0.29, 0.717) is 10.4 Å². The van der Waals surface area contributed by atoms with Crippen LogP contribution >= 0.6 is 0 Å². The van der Waals surface area contributed by atoms with Crippen molar-refractivity contribution in [2.24, 2.45) is 7.05 Å². The molecule has 2 aromatic rings. The molecule has 0 fully saturated rings. The summed E-state index contributed by atoms with van der Waals surface area (Å²) in [5.74, 6) is -1.95. The molecular weight excluding hydrogens is 231 g/mol. The number of hydrogen-bond donors (Lipinski definition) is 2. The molecule has 0 aliphatic rings. The number of nitrogens with one attached hydrogen (secondary N) is 1. The fraction of sp³-hybridized carbons (Fsp3) is 0.222. The number of imidazole rings is 1. The molecule has 2 heterocycles. The predicted molar refractivity (Wildman–Crippen MR) is 55.3 cm³/mol. The van der Waals surface area contributed by atoms with Gasteiger partial charge in [0.25, 0.3) is 5.56 Å². The zero-order valence-electron chi connectivity index (χ0n) is 8.85. The summed E-state index contributed by atoms with van der Waals surface area (Å²) in [4.78, 5) is 27.9. The highest BCUT2D eigenvalue weighted by Crippen LogP contribution is 2.09. The van der Waals surface area contributed by atoms with Gasteiger partial charge in [-0.25, -0.2) is 9.78 Å². The summed E-state index contributed by atoms with van der Waals surface area (Å²) in [6.07, 6.45) is 3.14. The first-order chi connectivity index (χ1) is 8.00. The Labute approximate surface area is 93.8 Å². The number of rotatable bonds is 2. The minimum Gasteiger partial charge on any atom is -0.492 e. The molecule has 0 amide bonds. The number of H-pyrrole nitrogens is 1. The molecule has 0 radical (unpaired) electrons. The summed E-state index contributed by atoms with van der Waals surface area (Å²) in [5, 5.41) is 9.38. The summed E-state index contributed by atoms with van der Waals surface area (Å²) in [5.41, 5.74) is -2.14. The van der Waals surface area contributed by atoms with Crippen molar-refractivity contribution in [2.75, 3.05) is 0 Å². The van der Waals surface area contributed by atoms with E-state index in [-0.39, 0.29) is 6.54 Å². The van der Waals surface area contributed by atoms with E-state index in [9.17, 15) is 19.1 Å². The number of hydrogen-bond acceptors (Lipinski definition) is 4. The van der Waals surface area contributed by atoms with Crippen LogP contribution in [0.4, 0.5) is 4.39 Å². The van der Waals surface area contributed by atoms with Gasteiger partial charge < -0.3 is 9.67 Å².